The Morgan fingerprint density at radius 1 is 1.22 bits per heavy atom. The van der Waals surface area contributed by atoms with E-state index in [1.165, 1.54) is 32.0 Å². The van der Waals surface area contributed by atoms with Crippen LogP contribution in [0.4, 0.5) is 11.5 Å². The van der Waals surface area contributed by atoms with Crippen molar-refractivity contribution in [2.75, 3.05) is 30.3 Å². The molecule has 0 atom stereocenters. The summed E-state index contributed by atoms with van der Waals surface area (Å²) in [4.78, 5) is 42.4. The van der Waals surface area contributed by atoms with Gasteiger partial charge in [0.05, 0.1) is 5.02 Å². The zero-order valence-electron chi connectivity index (χ0n) is 20.9. The SMILES string of the molecule is CCCCn1c(N)c(N(CCC(C)C)C(=O)c2ccc(Cl)c(S(=O)(=O)N3CCCC3)c2)c(=O)[nH]c1=O. The van der Waals surface area contributed by atoms with E-state index in [0.717, 1.165) is 19.3 Å². The van der Waals surface area contributed by atoms with Gasteiger partial charge in [0.2, 0.25) is 10.0 Å². The van der Waals surface area contributed by atoms with E-state index in [2.05, 4.69) is 4.98 Å². The number of anilines is 2. The number of aromatic nitrogens is 2. The fourth-order valence-electron chi connectivity index (χ4n) is 4.14. The lowest BCUT2D eigenvalue weighted by Gasteiger charge is -2.26. The van der Waals surface area contributed by atoms with E-state index in [0.29, 0.717) is 25.9 Å². The number of sulfonamides is 1. The van der Waals surface area contributed by atoms with Crippen molar-refractivity contribution in [3.05, 3.63) is 49.6 Å². The Balaban J connectivity index is 2.11. The molecule has 1 saturated heterocycles. The monoisotopic (exact) mass is 539 g/mol. The number of H-pyrrole nitrogens is 1. The number of hydrogen-bond donors (Lipinski definition) is 2. The van der Waals surface area contributed by atoms with Crippen molar-refractivity contribution < 1.29 is 13.2 Å². The fraction of sp³-hybridized carbons (Fsp3) is 0.542. The largest absolute Gasteiger partial charge is 0.383 e. The van der Waals surface area contributed by atoms with Gasteiger partial charge < -0.3 is 10.6 Å². The van der Waals surface area contributed by atoms with Crippen LogP contribution in [0.1, 0.15) is 63.2 Å². The highest BCUT2D eigenvalue weighted by Gasteiger charge is 2.31. The molecule has 36 heavy (non-hydrogen) atoms. The number of halogens is 1. The van der Waals surface area contributed by atoms with Gasteiger partial charge in [-0.25, -0.2) is 13.2 Å². The Hall–Kier alpha value is -2.63. The van der Waals surface area contributed by atoms with Crippen LogP contribution in [0.25, 0.3) is 0 Å². The average molecular weight is 540 g/mol. The number of aromatic amines is 1. The first-order chi connectivity index (χ1) is 17.0. The molecule has 10 nitrogen and oxygen atoms in total. The van der Waals surface area contributed by atoms with E-state index in [4.69, 9.17) is 17.3 Å². The number of amides is 1. The molecule has 0 saturated carbocycles. The number of nitrogen functional groups attached to an aromatic ring is 1. The van der Waals surface area contributed by atoms with Crippen molar-refractivity contribution in [1.82, 2.24) is 13.9 Å². The van der Waals surface area contributed by atoms with Gasteiger partial charge in [-0.3, -0.25) is 19.1 Å². The maximum absolute atomic E-state index is 13.8. The summed E-state index contributed by atoms with van der Waals surface area (Å²) in [6.45, 7) is 7.12. The molecule has 0 aliphatic carbocycles. The lowest BCUT2D eigenvalue weighted by Crippen LogP contribution is -2.42. The first-order valence-corrected chi connectivity index (χ1v) is 14.0. The average Bonchev–Trinajstić information content (AvgIpc) is 3.36. The van der Waals surface area contributed by atoms with E-state index in [9.17, 15) is 22.8 Å². The molecular weight excluding hydrogens is 506 g/mol. The smallest absolute Gasteiger partial charge is 0.330 e. The van der Waals surface area contributed by atoms with Crippen LogP contribution in [-0.2, 0) is 16.6 Å². The molecule has 1 aromatic carbocycles. The van der Waals surface area contributed by atoms with Crippen LogP contribution in [0.15, 0.2) is 32.7 Å². The number of unbranched alkanes of at least 4 members (excludes halogenated alkanes) is 1. The summed E-state index contributed by atoms with van der Waals surface area (Å²) in [5.74, 6) is -0.515. The van der Waals surface area contributed by atoms with Gasteiger partial charge in [-0.05, 0) is 49.8 Å². The molecule has 3 N–H and O–H groups in total. The van der Waals surface area contributed by atoms with Crippen molar-refractivity contribution >= 4 is 39.0 Å². The van der Waals surface area contributed by atoms with Crippen LogP contribution in [0.5, 0.6) is 0 Å². The van der Waals surface area contributed by atoms with Crippen LogP contribution in [-0.4, -0.2) is 47.8 Å². The summed E-state index contributed by atoms with van der Waals surface area (Å²) in [7, 11) is -3.89. The molecular formula is C24H34ClN5O5S. The molecule has 1 amide bonds. The second kappa shape index (κ2) is 11.6. The number of nitrogens with one attached hydrogen (secondary N) is 1. The lowest BCUT2D eigenvalue weighted by atomic mass is 10.1. The van der Waals surface area contributed by atoms with Crippen LogP contribution < -0.4 is 21.9 Å². The zero-order chi connectivity index (χ0) is 26.6. The predicted octanol–water partition coefficient (Wildman–Crippen LogP) is 3.05. The zero-order valence-corrected chi connectivity index (χ0v) is 22.5. The third kappa shape index (κ3) is 5.84. The van der Waals surface area contributed by atoms with Gasteiger partial charge in [0.15, 0.2) is 5.69 Å². The summed E-state index contributed by atoms with van der Waals surface area (Å²) in [5.41, 5.74) is 4.78. The normalized spacial score (nSPS) is 14.5. The van der Waals surface area contributed by atoms with Gasteiger partial charge in [0.1, 0.15) is 10.7 Å². The number of benzene rings is 1. The maximum Gasteiger partial charge on any atom is 0.330 e. The van der Waals surface area contributed by atoms with Gasteiger partial charge in [-0.2, -0.15) is 4.31 Å². The second-order valence-electron chi connectivity index (χ2n) is 9.39. The first-order valence-electron chi connectivity index (χ1n) is 12.2. The van der Waals surface area contributed by atoms with Crippen molar-refractivity contribution in [2.24, 2.45) is 5.92 Å². The Kier molecular flexibility index (Phi) is 9.02. The van der Waals surface area contributed by atoms with Gasteiger partial charge >= 0.3 is 5.69 Å². The minimum absolute atomic E-state index is 0.0117. The van der Waals surface area contributed by atoms with Gasteiger partial charge in [-0.1, -0.05) is 38.8 Å². The topological polar surface area (TPSA) is 139 Å². The third-order valence-electron chi connectivity index (χ3n) is 6.26. The highest BCUT2D eigenvalue weighted by atomic mass is 35.5. The number of carbonyl (C=O) groups excluding carboxylic acids is 1. The van der Waals surface area contributed by atoms with Crippen LogP contribution >= 0.6 is 11.6 Å². The molecule has 1 fully saturated rings. The molecule has 1 aliphatic rings. The summed E-state index contributed by atoms with van der Waals surface area (Å²) < 4.78 is 29.0. The Morgan fingerprint density at radius 3 is 2.50 bits per heavy atom. The minimum atomic E-state index is -3.89. The number of carbonyl (C=O) groups is 1. The number of nitrogens with zero attached hydrogens (tertiary/aromatic N) is 3. The molecule has 2 aromatic rings. The Labute approximate surface area is 216 Å². The van der Waals surface area contributed by atoms with Crippen LogP contribution in [0, 0.1) is 5.92 Å². The predicted molar refractivity (Wildman–Crippen MR) is 141 cm³/mol. The van der Waals surface area contributed by atoms with E-state index in [-0.39, 0.29) is 46.0 Å². The molecule has 0 radical (unpaired) electrons. The van der Waals surface area contributed by atoms with Gasteiger partial charge in [0.25, 0.3) is 11.5 Å². The van der Waals surface area contributed by atoms with E-state index in [1.54, 1.807) is 0 Å². The molecule has 1 aliphatic heterocycles. The quantitative estimate of drug-likeness (QED) is 0.476. The van der Waals surface area contributed by atoms with Gasteiger partial charge in [-0.15, -0.1) is 0 Å². The number of rotatable bonds is 10. The molecule has 3 rings (SSSR count). The number of hydrogen-bond acceptors (Lipinski definition) is 6. The molecule has 198 valence electrons. The van der Waals surface area contributed by atoms with E-state index < -0.39 is 27.2 Å². The summed E-state index contributed by atoms with van der Waals surface area (Å²) in [5, 5.41) is 0.0117. The maximum atomic E-state index is 13.8. The van der Waals surface area contributed by atoms with Crippen LogP contribution in [0.3, 0.4) is 0 Å². The molecule has 12 heteroatoms. The lowest BCUT2D eigenvalue weighted by molar-refractivity contribution is 0.0985. The van der Waals surface area contributed by atoms with Crippen molar-refractivity contribution in [1.29, 1.82) is 0 Å². The third-order valence-corrected chi connectivity index (χ3v) is 8.64. The van der Waals surface area contributed by atoms with Crippen molar-refractivity contribution in [3.8, 4) is 0 Å². The first kappa shape index (κ1) is 27.9. The molecule has 0 spiro atoms. The minimum Gasteiger partial charge on any atom is -0.383 e. The van der Waals surface area contributed by atoms with E-state index in [1.807, 2.05) is 20.8 Å². The Bertz CT molecular complexity index is 1330. The molecule has 0 bridgehead atoms. The summed E-state index contributed by atoms with van der Waals surface area (Å²) >= 11 is 6.26. The Morgan fingerprint density at radius 2 is 1.89 bits per heavy atom. The van der Waals surface area contributed by atoms with Crippen molar-refractivity contribution in [2.45, 2.75) is 64.3 Å². The fourth-order valence-corrected chi connectivity index (χ4v) is 6.15. The second-order valence-corrected chi connectivity index (χ2v) is 11.7. The standard InChI is InChI=1S/C24H34ClN5O5S/c1-4-5-13-30-21(26)20(22(31)27-24(30)33)29(14-10-16(2)3)23(32)17-8-9-18(25)19(15-17)36(34,35)28-11-6-7-12-28/h8-9,15-16H,4-7,10-14,26H2,1-3H3,(H,27,31,33). The molecule has 0 unspecified atom stereocenters. The highest BCUT2D eigenvalue weighted by molar-refractivity contribution is 7.89. The summed E-state index contributed by atoms with van der Waals surface area (Å²) in [6, 6.07) is 4.04. The van der Waals surface area contributed by atoms with Crippen LogP contribution in [0.2, 0.25) is 5.02 Å². The molecule has 2 heterocycles. The highest BCUT2D eigenvalue weighted by Crippen LogP contribution is 2.29. The summed E-state index contributed by atoms with van der Waals surface area (Å²) in [6.07, 6.45) is 3.52. The van der Waals surface area contributed by atoms with Gasteiger partial charge in [0, 0.05) is 31.7 Å². The van der Waals surface area contributed by atoms with Crippen molar-refractivity contribution in [3.63, 3.8) is 0 Å². The number of nitrogens with two attached hydrogens (primary N) is 1. The molecule has 1 aromatic heterocycles. The van der Waals surface area contributed by atoms with E-state index >= 15 is 0 Å².